The maximum Gasteiger partial charge on any atom is 0.407 e. The van der Waals surface area contributed by atoms with Crippen molar-refractivity contribution in [2.45, 2.75) is 114 Å². The Balaban J connectivity index is 1.33. The lowest BCUT2D eigenvalue weighted by Gasteiger charge is -2.34. The van der Waals surface area contributed by atoms with Crippen LogP contribution in [0.25, 0.3) is 5.65 Å². The summed E-state index contributed by atoms with van der Waals surface area (Å²) >= 11 is 3.67. The zero-order valence-corrected chi connectivity index (χ0v) is 21.6. The first-order valence-electron chi connectivity index (χ1n) is 12.6. The lowest BCUT2D eigenvalue weighted by molar-refractivity contribution is 0.0492. The number of nitrogens with zero attached hydrogens (tertiary/aromatic N) is 3. The molecule has 0 bridgehead atoms. The Morgan fingerprint density at radius 3 is 2.52 bits per heavy atom. The molecule has 7 nitrogen and oxygen atoms in total. The van der Waals surface area contributed by atoms with Gasteiger partial charge in [0.1, 0.15) is 11.4 Å². The highest BCUT2D eigenvalue weighted by Gasteiger charge is 2.43. The minimum atomic E-state index is -0.469. The summed E-state index contributed by atoms with van der Waals surface area (Å²) in [6.07, 6.45) is 14.2. The molecule has 1 spiro atoms. The molecule has 3 aliphatic carbocycles. The number of alkyl carbamates (subject to hydrolysis) is 1. The lowest BCUT2D eigenvalue weighted by atomic mass is 9.72. The number of halogens is 1. The predicted molar refractivity (Wildman–Crippen MR) is 133 cm³/mol. The average Bonchev–Trinajstić information content (AvgIpc) is 3.30. The number of fused-ring (bicyclic) bond motifs is 3. The second-order valence-corrected chi connectivity index (χ2v) is 12.0. The van der Waals surface area contributed by atoms with Crippen LogP contribution >= 0.6 is 15.9 Å². The molecule has 1 amide bonds. The fraction of sp³-hybridized carbons (Fsp3) is 0.720. The second kappa shape index (κ2) is 8.75. The van der Waals surface area contributed by atoms with E-state index in [1.54, 1.807) is 0 Å². The summed E-state index contributed by atoms with van der Waals surface area (Å²) in [6.45, 7) is 5.69. The van der Waals surface area contributed by atoms with Crippen LogP contribution in [0.5, 0.6) is 0 Å². The van der Waals surface area contributed by atoms with Gasteiger partial charge in [0.2, 0.25) is 0 Å². The second-order valence-electron chi connectivity index (χ2n) is 11.2. The quantitative estimate of drug-likeness (QED) is 0.530. The molecule has 0 radical (unpaired) electrons. The summed E-state index contributed by atoms with van der Waals surface area (Å²) in [5.41, 5.74) is 3.39. The molecule has 180 valence electrons. The van der Waals surface area contributed by atoms with Crippen LogP contribution in [-0.4, -0.2) is 38.4 Å². The average molecular weight is 519 g/mol. The fourth-order valence-corrected chi connectivity index (χ4v) is 6.42. The van der Waals surface area contributed by atoms with Crippen LogP contribution < -0.4 is 10.6 Å². The highest BCUT2D eigenvalue weighted by atomic mass is 79.9. The molecule has 2 aromatic heterocycles. The molecule has 3 aliphatic rings. The van der Waals surface area contributed by atoms with Crippen LogP contribution in [0.2, 0.25) is 0 Å². The van der Waals surface area contributed by atoms with Crippen molar-refractivity contribution in [1.82, 2.24) is 19.9 Å². The van der Waals surface area contributed by atoms with E-state index < -0.39 is 5.60 Å². The van der Waals surface area contributed by atoms with Gasteiger partial charge in [0, 0.05) is 23.1 Å². The van der Waals surface area contributed by atoms with Gasteiger partial charge in [-0.05, 0) is 88.1 Å². The molecule has 2 N–H and O–H groups in total. The van der Waals surface area contributed by atoms with Crippen molar-refractivity contribution in [2.24, 2.45) is 0 Å². The molecule has 5 rings (SSSR count). The first-order valence-corrected chi connectivity index (χ1v) is 13.4. The van der Waals surface area contributed by atoms with Gasteiger partial charge in [-0.3, -0.25) is 0 Å². The summed E-state index contributed by atoms with van der Waals surface area (Å²) < 4.78 is 8.38. The number of amides is 1. The van der Waals surface area contributed by atoms with E-state index >= 15 is 0 Å². The number of anilines is 1. The summed E-state index contributed by atoms with van der Waals surface area (Å²) in [4.78, 5) is 17.3. The van der Waals surface area contributed by atoms with E-state index in [0.717, 1.165) is 48.0 Å². The SMILES string of the molecule is CC(C)(C)OC(=O)NC1CCC(Nc2c3c(nc4c(Br)cnn24)C2(CCCCC2)CC3)CC1. The van der Waals surface area contributed by atoms with Crippen molar-refractivity contribution in [3.63, 3.8) is 0 Å². The highest BCUT2D eigenvalue weighted by Crippen LogP contribution is 2.50. The molecule has 0 aromatic carbocycles. The Morgan fingerprint density at radius 2 is 1.82 bits per heavy atom. The first kappa shape index (κ1) is 22.9. The number of ether oxygens (including phenoxy) is 1. The number of carbonyl (C=O) groups is 1. The van der Waals surface area contributed by atoms with E-state index in [0.29, 0.717) is 6.04 Å². The van der Waals surface area contributed by atoms with E-state index in [4.69, 9.17) is 9.72 Å². The van der Waals surface area contributed by atoms with Crippen LogP contribution in [0.1, 0.15) is 96.2 Å². The Kier molecular flexibility index (Phi) is 6.08. The zero-order valence-electron chi connectivity index (χ0n) is 20.0. The Labute approximate surface area is 204 Å². The van der Waals surface area contributed by atoms with Crippen molar-refractivity contribution < 1.29 is 9.53 Å². The van der Waals surface area contributed by atoms with E-state index in [9.17, 15) is 4.79 Å². The van der Waals surface area contributed by atoms with Crippen molar-refractivity contribution in [1.29, 1.82) is 0 Å². The van der Waals surface area contributed by atoms with Gasteiger partial charge < -0.3 is 15.4 Å². The van der Waals surface area contributed by atoms with E-state index in [-0.39, 0.29) is 17.6 Å². The van der Waals surface area contributed by atoms with Crippen molar-refractivity contribution in [3.8, 4) is 0 Å². The maximum absolute atomic E-state index is 12.2. The Morgan fingerprint density at radius 1 is 1.12 bits per heavy atom. The minimum Gasteiger partial charge on any atom is -0.444 e. The Bertz CT molecular complexity index is 1030. The highest BCUT2D eigenvalue weighted by molar-refractivity contribution is 9.10. The zero-order chi connectivity index (χ0) is 23.2. The van der Waals surface area contributed by atoms with E-state index in [2.05, 4.69) is 31.7 Å². The number of aromatic nitrogens is 3. The smallest absolute Gasteiger partial charge is 0.407 e. The molecule has 0 aliphatic heterocycles. The molecule has 8 heteroatoms. The van der Waals surface area contributed by atoms with Crippen molar-refractivity contribution >= 4 is 33.5 Å². The number of rotatable bonds is 3. The molecule has 2 fully saturated rings. The van der Waals surface area contributed by atoms with Crippen molar-refractivity contribution in [2.75, 3.05) is 5.32 Å². The predicted octanol–water partition coefficient (Wildman–Crippen LogP) is 5.89. The molecule has 2 heterocycles. The molecular weight excluding hydrogens is 482 g/mol. The van der Waals surface area contributed by atoms with Gasteiger partial charge in [-0.25, -0.2) is 9.78 Å². The summed E-state index contributed by atoms with van der Waals surface area (Å²) in [7, 11) is 0. The molecule has 33 heavy (non-hydrogen) atoms. The van der Waals surface area contributed by atoms with Crippen LogP contribution in [0.3, 0.4) is 0 Å². The minimum absolute atomic E-state index is 0.172. The number of hydrogen-bond acceptors (Lipinski definition) is 5. The van der Waals surface area contributed by atoms with Crippen LogP contribution in [0.15, 0.2) is 10.7 Å². The lowest BCUT2D eigenvalue weighted by Crippen LogP contribution is -2.42. The van der Waals surface area contributed by atoms with Gasteiger partial charge in [0.05, 0.1) is 16.4 Å². The molecule has 0 atom stereocenters. The molecule has 2 aromatic rings. The summed E-state index contributed by atoms with van der Waals surface area (Å²) in [5.74, 6) is 1.13. The molecular formula is C25H36BrN5O2. The number of nitrogens with one attached hydrogen (secondary N) is 2. The molecule has 0 unspecified atom stereocenters. The van der Waals surface area contributed by atoms with Gasteiger partial charge in [-0.1, -0.05) is 19.3 Å². The van der Waals surface area contributed by atoms with Gasteiger partial charge in [0.25, 0.3) is 0 Å². The third kappa shape index (κ3) is 4.60. The van der Waals surface area contributed by atoms with Crippen LogP contribution in [0.4, 0.5) is 10.6 Å². The summed E-state index contributed by atoms with van der Waals surface area (Å²) in [6, 6.07) is 0.535. The third-order valence-electron chi connectivity index (χ3n) is 7.66. The number of carbonyl (C=O) groups excluding carboxylic acids is 1. The standard InChI is InChI=1S/C25H36BrN5O2/c1-24(2,3)33-23(32)29-17-9-7-16(8-10-17)28-21-18-11-14-25(12-5-4-6-13-25)20(18)30-22-19(26)15-27-31(21)22/h15-17,28H,4-14H2,1-3H3,(H,29,32). The largest absolute Gasteiger partial charge is 0.444 e. The number of hydrogen-bond donors (Lipinski definition) is 2. The normalized spacial score (nSPS) is 24.6. The van der Waals surface area contributed by atoms with Gasteiger partial charge in [0.15, 0.2) is 5.65 Å². The van der Waals surface area contributed by atoms with Crippen LogP contribution in [-0.2, 0) is 16.6 Å². The fourth-order valence-electron chi connectivity index (χ4n) is 6.07. The molecule has 0 saturated heterocycles. The first-order chi connectivity index (χ1) is 15.7. The van der Waals surface area contributed by atoms with Crippen LogP contribution in [0, 0.1) is 0 Å². The summed E-state index contributed by atoms with van der Waals surface area (Å²) in [5, 5.41) is 11.6. The van der Waals surface area contributed by atoms with E-state index in [1.165, 1.54) is 49.8 Å². The van der Waals surface area contributed by atoms with E-state index in [1.807, 2.05) is 31.5 Å². The maximum atomic E-state index is 12.2. The third-order valence-corrected chi connectivity index (χ3v) is 8.22. The monoisotopic (exact) mass is 517 g/mol. The topological polar surface area (TPSA) is 80.5 Å². The van der Waals surface area contributed by atoms with Gasteiger partial charge in [-0.2, -0.15) is 9.61 Å². The van der Waals surface area contributed by atoms with Gasteiger partial charge >= 0.3 is 6.09 Å². The van der Waals surface area contributed by atoms with Crippen molar-refractivity contribution in [3.05, 3.63) is 21.9 Å². The molecule has 2 saturated carbocycles. The van der Waals surface area contributed by atoms with Gasteiger partial charge in [-0.15, -0.1) is 0 Å². The Hall–Kier alpha value is -1.83.